The molecule has 0 aromatic heterocycles. The zero-order valence-corrected chi connectivity index (χ0v) is 13.4. The van der Waals surface area contributed by atoms with Crippen LogP contribution in [-0.4, -0.2) is 41.3 Å². The Morgan fingerprint density at radius 1 is 1.33 bits per heavy atom. The molecule has 1 unspecified atom stereocenters. The molecule has 21 heavy (non-hydrogen) atoms. The van der Waals surface area contributed by atoms with Crippen LogP contribution in [0.3, 0.4) is 0 Å². The molecular formula is C16H25NO4. The summed E-state index contributed by atoms with van der Waals surface area (Å²) in [6, 6.07) is 0. The lowest BCUT2D eigenvalue weighted by Gasteiger charge is -2.24. The molecule has 1 saturated heterocycles. The number of carbonyl (C=O) groups is 2. The molecule has 1 fully saturated rings. The molecule has 0 aromatic carbocycles. The van der Waals surface area contributed by atoms with Gasteiger partial charge >= 0.3 is 12.1 Å². The minimum atomic E-state index is -0.904. The SMILES string of the molecule is CCOC(=O)C1(C2=CCCCC2)CN1C(=O)OC(C)(C)C. The van der Waals surface area contributed by atoms with Gasteiger partial charge in [0, 0.05) is 0 Å². The highest BCUT2D eigenvalue weighted by atomic mass is 16.6. The summed E-state index contributed by atoms with van der Waals surface area (Å²) >= 11 is 0. The molecule has 0 saturated carbocycles. The van der Waals surface area contributed by atoms with Gasteiger partial charge in [-0.25, -0.2) is 9.59 Å². The van der Waals surface area contributed by atoms with E-state index in [1.807, 2.05) is 20.8 Å². The molecule has 5 nitrogen and oxygen atoms in total. The van der Waals surface area contributed by atoms with Gasteiger partial charge in [0.2, 0.25) is 0 Å². The molecule has 0 bridgehead atoms. The molecule has 1 aliphatic carbocycles. The summed E-state index contributed by atoms with van der Waals surface area (Å²) in [5, 5.41) is 0. The van der Waals surface area contributed by atoms with Gasteiger partial charge in [-0.15, -0.1) is 0 Å². The molecule has 118 valence electrons. The molecule has 1 heterocycles. The lowest BCUT2D eigenvalue weighted by atomic mass is 9.88. The minimum absolute atomic E-state index is 0.315. The average molecular weight is 295 g/mol. The number of ether oxygens (including phenoxy) is 2. The molecule has 1 aliphatic heterocycles. The van der Waals surface area contributed by atoms with E-state index in [0.29, 0.717) is 13.2 Å². The molecular weight excluding hydrogens is 270 g/mol. The van der Waals surface area contributed by atoms with Crippen LogP contribution < -0.4 is 0 Å². The lowest BCUT2D eigenvalue weighted by molar-refractivity contribution is -0.146. The van der Waals surface area contributed by atoms with E-state index in [0.717, 1.165) is 31.3 Å². The first-order chi connectivity index (χ1) is 9.81. The fourth-order valence-corrected chi connectivity index (χ4v) is 2.78. The molecule has 1 atom stereocenters. The van der Waals surface area contributed by atoms with E-state index in [1.165, 1.54) is 4.90 Å². The Kier molecular flexibility index (Phi) is 4.30. The highest BCUT2D eigenvalue weighted by Gasteiger charge is 2.65. The Morgan fingerprint density at radius 3 is 2.57 bits per heavy atom. The second-order valence-corrected chi connectivity index (χ2v) is 6.62. The molecule has 0 radical (unpaired) electrons. The molecule has 0 N–H and O–H groups in total. The summed E-state index contributed by atoms with van der Waals surface area (Å²) in [4.78, 5) is 26.1. The minimum Gasteiger partial charge on any atom is -0.464 e. The van der Waals surface area contributed by atoms with Crippen LogP contribution in [-0.2, 0) is 14.3 Å². The number of amides is 1. The van der Waals surface area contributed by atoms with Crippen molar-refractivity contribution in [2.75, 3.05) is 13.2 Å². The Labute approximate surface area is 126 Å². The first-order valence-electron chi connectivity index (χ1n) is 7.68. The first kappa shape index (κ1) is 15.9. The molecule has 0 spiro atoms. The van der Waals surface area contributed by atoms with Crippen molar-refractivity contribution in [3.05, 3.63) is 11.6 Å². The highest BCUT2D eigenvalue weighted by molar-refractivity contribution is 5.95. The summed E-state index contributed by atoms with van der Waals surface area (Å²) in [5.74, 6) is -0.330. The smallest absolute Gasteiger partial charge is 0.411 e. The number of nitrogens with zero attached hydrogens (tertiary/aromatic N) is 1. The van der Waals surface area contributed by atoms with Crippen molar-refractivity contribution in [3.63, 3.8) is 0 Å². The van der Waals surface area contributed by atoms with Gasteiger partial charge in [0.25, 0.3) is 0 Å². The van der Waals surface area contributed by atoms with Crippen LogP contribution in [0.15, 0.2) is 11.6 Å². The third-order valence-corrected chi connectivity index (χ3v) is 3.79. The Morgan fingerprint density at radius 2 is 2.05 bits per heavy atom. The Bertz CT molecular complexity index is 463. The largest absolute Gasteiger partial charge is 0.464 e. The zero-order valence-electron chi connectivity index (χ0n) is 13.4. The second-order valence-electron chi connectivity index (χ2n) is 6.62. The van der Waals surface area contributed by atoms with E-state index < -0.39 is 17.2 Å². The monoisotopic (exact) mass is 295 g/mol. The number of esters is 1. The van der Waals surface area contributed by atoms with E-state index in [4.69, 9.17) is 9.47 Å². The Balaban J connectivity index is 2.19. The van der Waals surface area contributed by atoms with Gasteiger partial charge in [-0.1, -0.05) is 6.08 Å². The standard InChI is InChI=1S/C16H25NO4/c1-5-20-13(18)16(12-9-7-6-8-10-12)11-17(16)14(19)21-15(2,3)4/h9H,5-8,10-11H2,1-4H3. The maximum atomic E-state index is 12.4. The van der Waals surface area contributed by atoms with Crippen molar-refractivity contribution >= 4 is 12.1 Å². The van der Waals surface area contributed by atoms with Crippen LogP contribution in [0.4, 0.5) is 4.79 Å². The van der Waals surface area contributed by atoms with E-state index in [1.54, 1.807) is 6.92 Å². The van der Waals surface area contributed by atoms with Gasteiger partial charge < -0.3 is 9.47 Å². The van der Waals surface area contributed by atoms with Crippen molar-refractivity contribution in [2.45, 2.75) is 64.5 Å². The summed E-state index contributed by atoms with van der Waals surface area (Å²) < 4.78 is 10.6. The third kappa shape index (κ3) is 3.22. The fourth-order valence-electron chi connectivity index (χ4n) is 2.78. The van der Waals surface area contributed by atoms with Crippen molar-refractivity contribution < 1.29 is 19.1 Å². The highest BCUT2D eigenvalue weighted by Crippen LogP contribution is 2.45. The van der Waals surface area contributed by atoms with E-state index in [2.05, 4.69) is 6.08 Å². The fraction of sp³-hybridized carbons (Fsp3) is 0.750. The molecule has 1 amide bonds. The van der Waals surface area contributed by atoms with Crippen LogP contribution in [0.5, 0.6) is 0 Å². The van der Waals surface area contributed by atoms with E-state index >= 15 is 0 Å². The number of rotatable bonds is 3. The molecule has 0 aromatic rings. The van der Waals surface area contributed by atoms with E-state index in [9.17, 15) is 9.59 Å². The molecule has 5 heteroatoms. The predicted molar refractivity (Wildman–Crippen MR) is 78.9 cm³/mol. The average Bonchev–Trinajstić information content (AvgIpc) is 3.15. The van der Waals surface area contributed by atoms with Crippen molar-refractivity contribution in [3.8, 4) is 0 Å². The van der Waals surface area contributed by atoms with Crippen LogP contribution in [0, 0.1) is 0 Å². The van der Waals surface area contributed by atoms with Crippen molar-refractivity contribution in [1.82, 2.24) is 4.90 Å². The van der Waals surface area contributed by atoms with E-state index in [-0.39, 0.29) is 5.97 Å². The quantitative estimate of drug-likeness (QED) is 0.456. The lowest BCUT2D eigenvalue weighted by Crippen LogP contribution is -2.38. The van der Waals surface area contributed by atoms with Crippen molar-refractivity contribution in [1.29, 1.82) is 0 Å². The van der Waals surface area contributed by atoms with Gasteiger partial charge in [0.1, 0.15) is 5.60 Å². The molecule has 2 rings (SSSR count). The summed E-state index contributed by atoms with van der Waals surface area (Å²) in [5.41, 5.74) is -0.460. The van der Waals surface area contributed by atoms with Crippen LogP contribution in [0.2, 0.25) is 0 Å². The first-order valence-corrected chi connectivity index (χ1v) is 7.68. The summed E-state index contributed by atoms with van der Waals surface area (Å²) in [6.45, 7) is 7.92. The second kappa shape index (κ2) is 5.70. The third-order valence-electron chi connectivity index (χ3n) is 3.79. The van der Waals surface area contributed by atoms with Gasteiger partial charge in [0.05, 0.1) is 13.2 Å². The number of hydrogen-bond acceptors (Lipinski definition) is 4. The molecule has 2 aliphatic rings. The normalized spacial score (nSPS) is 25.1. The summed E-state index contributed by atoms with van der Waals surface area (Å²) in [6.07, 6.45) is 5.63. The van der Waals surface area contributed by atoms with Crippen LogP contribution >= 0.6 is 0 Å². The summed E-state index contributed by atoms with van der Waals surface area (Å²) in [7, 11) is 0. The van der Waals surface area contributed by atoms with Gasteiger partial charge in [-0.05, 0) is 59.0 Å². The maximum Gasteiger partial charge on any atom is 0.411 e. The van der Waals surface area contributed by atoms with Crippen LogP contribution in [0.1, 0.15) is 53.4 Å². The number of hydrogen-bond donors (Lipinski definition) is 0. The Hall–Kier alpha value is -1.52. The number of allylic oxidation sites excluding steroid dienone is 1. The zero-order chi connectivity index (χ0) is 15.7. The topological polar surface area (TPSA) is 55.6 Å². The van der Waals surface area contributed by atoms with Crippen LogP contribution in [0.25, 0.3) is 0 Å². The van der Waals surface area contributed by atoms with Gasteiger partial charge in [-0.2, -0.15) is 0 Å². The van der Waals surface area contributed by atoms with Gasteiger partial charge in [-0.3, -0.25) is 4.90 Å². The predicted octanol–water partition coefficient (Wildman–Crippen LogP) is 3.04. The maximum absolute atomic E-state index is 12.4. The van der Waals surface area contributed by atoms with Crippen molar-refractivity contribution in [2.24, 2.45) is 0 Å². The van der Waals surface area contributed by atoms with Gasteiger partial charge in [0.15, 0.2) is 5.54 Å². The number of carbonyl (C=O) groups excluding carboxylic acids is 2.